The van der Waals surface area contributed by atoms with Gasteiger partial charge in [-0.25, -0.2) is 0 Å². The Morgan fingerprint density at radius 2 is 1.96 bits per heavy atom. The number of hydrogen-bond acceptors (Lipinski definition) is 5. The van der Waals surface area contributed by atoms with Crippen LogP contribution in [0.5, 0.6) is 11.5 Å². The van der Waals surface area contributed by atoms with E-state index in [1.807, 2.05) is 31.2 Å². The minimum Gasteiger partial charge on any atom is -0.504 e. The maximum Gasteiger partial charge on any atom is 0.313 e. The summed E-state index contributed by atoms with van der Waals surface area (Å²) in [6.07, 6.45) is 0. The van der Waals surface area contributed by atoms with Gasteiger partial charge in [0.2, 0.25) is 0 Å². The summed E-state index contributed by atoms with van der Waals surface area (Å²) < 4.78 is 5.12. The maximum atomic E-state index is 10.9. The SMILES string of the molecule is COc1cc([C@@H](Nc2ccc(C)cc2)SCC(=O)O)ccc1O. The van der Waals surface area contributed by atoms with Crippen LogP contribution in [0.3, 0.4) is 0 Å². The van der Waals surface area contributed by atoms with Crippen LogP contribution in [0.2, 0.25) is 0 Å². The molecule has 0 aliphatic rings. The Balaban J connectivity index is 2.25. The molecular weight excluding hydrogens is 314 g/mol. The minimum atomic E-state index is -0.878. The Hall–Kier alpha value is -2.34. The lowest BCUT2D eigenvalue weighted by atomic mass is 10.2. The summed E-state index contributed by atoms with van der Waals surface area (Å²) in [4.78, 5) is 10.9. The first kappa shape index (κ1) is 17.0. The molecule has 0 aromatic heterocycles. The number of phenols is 1. The lowest BCUT2D eigenvalue weighted by Gasteiger charge is -2.20. The van der Waals surface area contributed by atoms with Gasteiger partial charge in [-0.05, 0) is 36.8 Å². The van der Waals surface area contributed by atoms with E-state index in [0.717, 1.165) is 16.8 Å². The van der Waals surface area contributed by atoms with Crippen molar-refractivity contribution in [2.75, 3.05) is 18.2 Å². The summed E-state index contributed by atoms with van der Waals surface area (Å²) in [5.41, 5.74) is 2.87. The van der Waals surface area contributed by atoms with Gasteiger partial charge in [0.15, 0.2) is 11.5 Å². The van der Waals surface area contributed by atoms with Crippen molar-refractivity contribution in [2.24, 2.45) is 0 Å². The van der Waals surface area contributed by atoms with Crippen LogP contribution >= 0.6 is 11.8 Å². The monoisotopic (exact) mass is 333 g/mol. The summed E-state index contributed by atoms with van der Waals surface area (Å²) >= 11 is 1.26. The van der Waals surface area contributed by atoms with Gasteiger partial charge in [-0.1, -0.05) is 23.8 Å². The first-order chi connectivity index (χ1) is 11.0. The van der Waals surface area contributed by atoms with Gasteiger partial charge in [-0.15, -0.1) is 11.8 Å². The molecule has 0 saturated carbocycles. The van der Waals surface area contributed by atoms with Crippen LogP contribution < -0.4 is 10.1 Å². The van der Waals surface area contributed by atoms with Gasteiger partial charge in [-0.2, -0.15) is 0 Å². The molecular formula is C17H19NO4S. The van der Waals surface area contributed by atoms with Crippen LogP contribution in [0.1, 0.15) is 16.5 Å². The molecule has 3 N–H and O–H groups in total. The Morgan fingerprint density at radius 3 is 2.57 bits per heavy atom. The molecule has 0 fully saturated rings. The summed E-state index contributed by atoms with van der Waals surface area (Å²) in [6, 6.07) is 12.9. The van der Waals surface area contributed by atoms with Crippen LogP contribution in [0.15, 0.2) is 42.5 Å². The van der Waals surface area contributed by atoms with Crippen LogP contribution in [-0.4, -0.2) is 29.0 Å². The van der Waals surface area contributed by atoms with E-state index >= 15 is 0 Å². The number of carboxylic acids is 1. The number of aryl methyl sites for hydroxylation is 1. The molecule has 0 radical (unpaired) electrons. The predicted molar refractivity (Wildman–Crippen MR) is 92.3 cm³/mol. The molecule has 23 heavy (non-hydrogen) atoms. The number of benzene rings is 2. The molecule has 2 aromatic rings. The molecule has 5 nitrogen and oxygen atoms in total. The smallest absolute Gasteiger partial charge is 0.313 e. The predicted octanol–water partition coefficient (Wildman–Crippen LogP) is 3.64. The van der Waals surface area contributed by atoms with Crippen LogP contribution in [0.25, 0.3) is 0 Å². The van der Waals surface area contributed by atoms with E-state index < -0.39 is 5.97 Å². The number of aromatic hydroxyl groups is 1. The molecule has 6 heteroatoms. The molecule has 0 unspecified atom stereocenters. The normalized spacial score (nSPS) is 11.7. The van der Waals surface area contributed by atoms with Crippen LogP contribution in [0.4, 0.5) is 5.69 Å². The zero-order chi connectivity index (χ0) is 16.8. The minimum absolute atomic E-state index is 0.0350. The lowest BCUT2D eigenvalue weighted by molar-refractivity contribution is -0.133. The quantitative estimate of drug-likeness (QED) is 0.672. The van der Waals surface area contributed by atoms with Crippen molar-refractivity contribution in [3.63, 3.8) is 0 Å². The number of carboxylic acid groups (broad SMARTS) is 1. The van der Waals surface area contributed by atoms with Crippen molar-refractivity contribution in [3.05, 3.63) is 53.6 Å². The highest BCUT2D eigenvalue weighted by Crippen LogP contribution is 2.35. The fourth-order valence-corrected chi connectivity index (χ4v) is 2.90. The number of nitrogens with one attached hydrogen (secondary N) is 1. The maximum absolute atomic E-state index is 10.9. The van der Waals surface area contributed by atoms with Gasteiger partial charge in [0, 0.05) is 5.69 Å². The molecule has 122 valence electrons. The third kappa shape index (κ3) is 4.82. The number of rotatable bonds is 7. The van der Waals surface area contributed by atoms with Gasteiger partial charge in [0.05, 0.1) is 18.2 Å². The summed E-state index contributed by atoms with van der Waals surface area (Å²) in [5, 5.41) is 21.7. The van der Waals surface area contributed by atoms with E-state index in [-0.39, 0.29) is 16.9 Å². The summed E-state index contributed by atoms with van der Waals surface area (Å²) in [5.74, 6) is -0.508. The van der Waals surface area contributed by atoms with Crippen molar-refractivity contribution >= 4 is 23.4 Å². The standard InChI is InChI=1S/C17H19NO4S/c1-11-3-6-13(7-4-11)18-17(23-10-16(20)21)12-5-8-14(19)15(9-12)22-2/h3-9,17-19H,10H2,1-2H3,(H,20,21)/t17-/m0/s1. The number of ether oxygens (including phenoxy) is 1. The van der Waals surface area contributed by atoms with Crippen molar-refractivity contribution in [3.8, 4) is 11.5 Å². The fourth-order valence-electron chi connectivity index (χ4n) is 2.03. The number of carbonyl (C=O) groups is 1. The molecule has 0 heterocycles. The summed E-state index contributed by atoms with van der Waals surface area (Å²) in [7, 11) is 1.48. The summed E-state index contributed by atoms with van der Waals surface area (Å²) in [6.45, 7) is 2.01. The first-order valence-corrected chi connectivity index (χ1v) is 8.08. The molecule has 0 aliphatic carbocycles. The highest BCUT2D eigenvalue weighted by atomic mass is 32.2. The Kier molecular flexibility index (Phi) is 5.76. The highest BCUT2D eigenvalue weighted by molar-refractivity contribution is 8.00. The highest BCUT2D eigenvalue weighted by Gasteiger charge is 2.16. The van der Waals surface area contributed by atoms with Gasteiger partial charge >= 0.3 is 5.97 Å². The molecule has 0 spiro atoms. The number of thioether (sulfide) groups is 1. The number of hydrogen-bond donors (Lipinski definition) is 3. The van der Waals surface area contributed by atoms with Gasteiger partial charge < -0.3 is 20.3 Å². The molecule has 2 rings (SSSR count). The fraction of sp³-hybridized carbons (Fsp3) is 0.235. The Labute approximate surface area is 139 Å². The molecule has 1 atom stereocenters. The van der Waals surface area contributed by atoms with Crippen molar-refractivity contribution in [1.82, 2.24) is 0 Å². The average Bonchev–Trinajstić information content (AvgIpc) is 2.53. The molecule has 0 bridgehead atoms. The van der Waals surface area contributed by atoms with Crippen LogP contribution in [-0.2, 0) is 4.79 Å². The van der Waals surface area contributed by atoms with E-state index in [0.29, 0.717) is 5.75 Å². The number of anilines is 1. The Bertz CT molecular complexity index is 673. The third-order valence-corrected chi connectivity index (χ3v) is 4.37. The van der Waals surface area contributed by atoms with E-state index in [9.17, 15) is 9.90 Å². The van der Waals surface area contributed by atoms with Gasteiger partial charge in [0.25, 0.3) is 0 Å². The molecule has 0 aliphatic heterocycles. The lowest BCUT2D eigenvalue weighted by Crippen LogP contribution is -2.11. The van der Waals surface area contributed by atoms with Crippen molar-refractivity contribution in [2.45, 2.75) is 12.3 Å². The number of aliphatic carboxylic acids is 1. The van der Waals surface area contributed by atoms with Gasteiger partial charge in [-0.3, -0.25) is 4.79 Å². The van der Waals surface area contributed by atoms with E-state index in [4.69, 9.17) is 9.84 Å². The number of phenolic OH excluding ortho intramolecular Hbond substituents is 1. The van der Waals surface area contributed by atoms with E-state index in [1.165, 1.54) is 18.9 Å². The number of methoxy groups -OCH3 is 1. The van der Waals surface area contributed by atoms with Crippen molar-refractivity contribution in [1.29, 1.82) is 0 Å². The largest absolute Gasteiger partial charge is 0.504 e. The average molecular weight is 333 g/mol. The van der Waals surface area contributed by atoms with Crippen LogP contribution in [0, 0.1) is 6.92 Å². The zero-order valence-electron chi connectivity index (χ0n) is 12.9. The molecule has 0 saturated heterocycles. The zero-order valence-corrected chi connectivity index (χ0v) is 13.8. The second kappa shape index (κ2) is 7.78. The molecule has 0 amide bonds. The second-order valence-corrected chi connectivity index (χ2v) is 6.12. The van der Waals surface area contributed by atoms with Crippen molar-refractivity contribution < 1.29 is 19.7 Å². The molecule has 2 aromatic carbocycles. The van der Waals surface area contributed by atoms with E-state index in [1.54, 1.807) is 18.2 Å². The van der Waals surface area contributed by atoms with Gasteiger partial charge in [0.1, 0.15) is 0 Å². The second-order valence-electron chi connectivity index (χ2n) is 5.03. The topological polar surface area (TPSA) is 78.8 Å². The first-order valence-electron chi connectivity index (χ1n) is 7.03. The third-order valence-electron chi connectivity index (χ3n) is 3.23. The van der Waals surface area contributed by atoms with E-state index in [2.05, 4.69) is 5.32 Å². The Morgan fingerprint density at radius 1 is 1.26 bits per heavy atom.